The van der Waals surface area contributed by atoms with E-state index in [4.69, 9.17) is 0 Å². The van der Waals surface area contributed by atoms with Crippen molar-refractivity contribution < 1.29 is 5.11 Å². The maximum Gasteiger partial charge on any atom is 0.0608 e. The standard InChI is InChI=1S/C13H18O/c1-10-6-8-11(9-7-10)12-4-2-3-5-13(12)14/h6-9,12-14H,2-5H2,1H3/t12-,13+/m1/s1. The molecule has 1 N–H and O–H groups in total. The van der Waals surface area contributed by atoms with Gasteiger partial charge in [0.1, 0.15) is 0 Å². The van der Waals surface area contributed by atoms with Gasteiger partial charge < -0.3 is 5.11 Å². The van der Waals surface area contributed by atoms with Crippen molar-refractivity contribution in [3.8, 4) is 0 Å². The maximum absolute atomic E-state index is 9.89. The van der Waals surface area contributed by atoms with Crippen LogP contribution in [0.25, 0.3) is 0 Å². The average Bonchev–Trinajstić information content (AvgIpc) is 2.20. The van der Waals surface area contributed by atoms with Gasteiger partial charge in [0.15, 0.2) is 0 Å². The molecule has 1 aromatic carbocycles. The summed E-state index contributed by atoms with van der Waals surface area (Å²) in [6.45, 7) is 2.10. The first-order chi connectivity index (χ1) is 6.77. The van der Waals surface area contributed by atoms with E-state index in [1.54, 1.807) is 0 Å². The summed E-state index contributed by atoms with van der Waals surface area (Å²) in [5.74, 6) is 0.379. The zero-order chi connectivity index (χ0) is 9.97. The lowest BCUT2D eigenvalue weighted by Gasteiger charge is -2.27. The predicted molar refractivity (Wildman–Crippen MR) is 58.4 cm³/mol. The van der Waals surface area contributed by atoms with Gasteiger partial charge in [0.2, 0.25) is 0 Å². The summed E-state index contributed by atoms with van der Waals surface area (Å²) in [6.07, 6.45) is 4.44. The smallest absolute Gasteiger partial charge is 0.0608 e. The molecule has 1 aromatic rings. The molecule has 14 heavy (non-hydrogen) atoms. The van der Waals surface area contributed by atoms with Gasteiger partial charge in [0, 0.05) is 5.92 Å². The van der Waals surface area contributed by atoms with Crippen LogP contribution in [0.5, 0.6) is 0 Å². The van der Waals surface area contributed by atoms with E-state index in [1.807, 2.05) is 0 Å². The van der Waals surface area contributed by atoms with Crippen LogP contribution in [-0.2, 0) is 0 Å². The largest absolute Gasteiger partial charge is 0.392 e. The van der Waals surface area contributed by atoms with Gasteiger partial charge in [-0.15, -0.1) is 0 Å². The van der Waals surface area contributed by atoms with E-state index in [1.165, 1.54) is 24.0 Å². The van der Waals surface area contributed by atoms with Crippen molar-refractivity contribution in [1.29, 1.82) is 0 Å². The molecule has 1 fully saturated rings. The van der Waals surface area contributed by atoms with Crippen LogP contribution in [0.4, 0.5) is 0 Å². The Labute approximate surface area is 85.8 Å². The maximum atomic E-state index is 9.89. The van der Waals surface area contributed by atoms with Gasteiger partial charge in [-0.3, -0.25) is 0 Å². The number of aliphatic hydroxyl groups is 1. The minimum atomic E-state index is -0.119. The highest BCUT2D eigenvalue weighted by Crippen LogP contribution is 2.32. The summed E-state index contributed by atoms with van der Waals surface area (Å²) >= 11 is 0. The molecular weight excluding hydrogens is 172 g/mol. The van der Waals surface area contributed by atoms with Crippen molar-refractivity contribution >= 4 is 0 Å². The number of rotatable bonds is 1. The highest BCUT2D eigenvalue weighted by Gasteiger charge is 2.23. The topological polar surface area (TPSA) is 20.2 Å². The molecule has 2 atom stereocenters. The molecule has 0 amide bonds. The molecule has 0 bridgehead atoms. The lowest BCUT2D eigenvalue weighted by atomic mass is 9.81. The van der Waals surface area contributed by atoms with Crippen LogP contribution < -0.4 is 0 Å². The van der Waals surface area contributed by atoms with Crippen LogP contribution in [0.15, 0.2) is 24.3 Å². The van der Waals surface area contributed by atoms with Crippen LogP contribution in [0.1, 0.15) is 42.7 Å². The summed E-state index contributed by atoms with van der Waals surface area (Å²) < 4.78 is 0. The lowest BCUT2D eigenvalue weighted by Crippen LogP contribution is -2.22. The highest BCUT2D eigenvalue weighted by atomic mass is 16.3. The molecule has 0 heterocycles. The monoisotopic (exact) mass is 190 g/mol. The zero-order valence-electron chi connectivity index (χ0n) is 8.74. The summed E-state index contributed by atoms with van der Waals surface area (Å²) in [6, 6.07) is 8.59. The fourth-order valence-corrected chi connectivity index (χ4v) is 2.31. The second-order valence-electron chi connectivity index (χ2n) is 4.37. The van der Waals surface area contributed by atoms with Crippen LogP contribution in [0, 0.1) is 6.92 Å². The molecule has 0 spiro atoms. The van der Waals surface area contributed by atoms with Gasteiger partial charge in [-0.2, -0.15) is 0 Å². The molecule has 0 unspecified atom stereocenters. The van der Waals surface area contributed by atoms with Gasteiger partial charge in [-0.1, -0.05) is 42.7 Å². The van der Waals surface area contributed by atoms with E-state index < -0.39 is 0 Å². The Bertz CT molecular complexity index is 289. The van der Waals surface area contributed by atoms with Gasteiger partial charge in [-0.05, 0) is 25.3 Å². The van der Waals surface area contributed by atoms with Crippen molar-refractivity contribution in [3.05, 3.63) is 35.4 Å². The number of hydrogen-bond donors (Lipinski definition) is 1. The molecule has 0 saturated heterocycles. The van der Waals surface area contributed by atoms with Crippen LogP contribution >= 0.6 is 0 Å². The van der Waals surface area contributed by atoms with E-state index in [2.05, 4.69) is 31.2 Å². The third kappa shape index (κ3) is 1.98. The third-order valence-electron chi connectivity index (χ3n) is 3.23. The molecule has 0 aliphatic heterocycles. The number of aryl methyl sites for hydroxylation is 1. The Balaban J connectivity index is 2.16. The fraction of sp³-hybridized carbons (Fsp3) is 0.538. The van der Waals surface area contributed by atoms with Crippen molar-refractivity contribution in [2.24, 2.45) is 0 Å². The molecule has 2 rings (SSSR count). The number of hydrogen-bond acceptors (Lipinski definition) is 1. The third-order valence-corrected chi connectivity index (χ3v) is 3.23. The van der Waals surface area contributed by atoms with Crippen LogP contribution in [-0.4, -0.2) is 11.2 Å². The van der Waals surface area contributed by atoms with E-state index in [0.29, 0.717) is 5.92 Å². The predicted octanol–water partition coefficient (Wildman–Crippen LogP) is 3.01. The normalized spacial score (nSPS) is 27.6. The van der Waals surface area contributed by atoms with Crippen molar-refractivity contribution in [1.82, 2.24) is 0 Å². The Kier molecular flexibility index (Phi) is 2.87. The lowest BCUT2D eigenvalue weighted by molar-refractivity contribution is 0.106. The van der Waals surface area contributed by atoms with Gasteiger partial charge >= 0.3 is 0 Å². The first kappa shape index (κ1) is 9.72. The second-order valence-corrected chi connectivity index (χ2v) is 4.37. The van der Waals surface area contributed by atoms with E-state index >= 15 is 0 Å². The van der Waals surface area contributed by atoms with Gasteiger partial charge in [-0.25, -0.2) is 0 Å². The van der Waals surface area contributed by atoms with Crippen LogP contribution in [0.2, 0.25) is 0 Å². The van der Waals surface area contributed by atoms with E-state index in [-0.39, 0.29) is 6.10 Å². The average molecular weight is 190 g/mol. The molecule has 0 radical (unpaired) electrons. The Hall–Kier alpha value is -0.820. The summed E-state index contributed by atoms with van der Waals surface area (Å²) in [7, 11) is 0. The van der Waals surface area contributed by atoms with Gasteiger partial charge in [0.25, 0.3) is 0 Å². The van der Waals surface area contributed by atoms with Crippen LogP contribution in [0.3, 0.4) is 0 Å². The summed E-state index contributed by atoms with van der Waals surface area (Å²) in [4.78, 5) is 0. The molecule has 1 aliphatic rings. The fourth-order valence-electron chi connectivity index (χ4n) is 2.31. The molecule has 76 valence electrons. The number of aliphatic hydroxyl groups excluding tert-OH is 1. The van der Waals surface area contributed by atoms with E-state index in [0.717, 1.165) is 12.8 Å². The molecular formula is C13H18O. The molecule has 1 heteroatoms. The van der Waals surface area contributed by atoms with Gasteiger partial charge in [0.05, 0.1) is 6.10 Å². The zero-order valence-corrected chi connectivity index (χ0v) is 8.74. The number of benzene rings is 1. The van der Waals surface area contributed by atoms with Crippen molar-refractivity contribution in [2.75, 3.05) is 0 Å². The molecule has 1 nitrogen and oxygen atoms in total. The molecule has 0 aromatic heterocycles. The first-order valence-electron chi connectivity index (χ1n) is 5.52. The van der Waals surface area contributed by atoms with Crippen molar-refractivity contribution in [2.45, 2.75) is 44.6 Å². The quantitative estimate of drug-likeness (QED) is 0.721. The minimum Gasteiger partial charge on any atom is -0.392 e. The Morgan fingerprint density at radius 1 is 1.07 bits per heavy atom. The first-order valence-corrected chi connectivity index (χ1v) is 5.52. The minimum absolute atomic E-state index is 0.119. The SMILES string of the molecule is Cc1ccc([C@H]2CCCC[C@@H]2O)cc1. The Morgan fingerprint density at radius 2 is 1.71 bits per heavy atom. The van der Waals surface area contributed by atoms with E-state index in [9.17, 15) is 5.11 Å². The summed E-state index contributed by atoms with van der Waals surface area (Å²) in [5.41, 5.74) is 2.60. The highest BCUT2D eigenvalue weighted by molar-refractivity contribution is 5.25. The van der Waals surface area contributed by atoms with Crippen molar-refractivity contribution in [3.63, 3.8) is 0 Å². The Morgan fingerprint density at radius 3 is 2.36 bits per heavy atom. The molecule has 1 aliphatic carbocycles. The molecule has 1 saturated carbocycles. The second kappa shape index (κ2) is 4.14. The summed E-state index contributed by atoms with van der Waals surface area (Å²) in [5, 5.41) is 9.89.